The Kier molecular flexibility index (Phi) is 5.37. The van der Waals surface area contributed by atoms with E-state index >= 15 is 0 Å². The lowest BCUT2D eigenvalue weighted by molar-refractivity contribution is -0.126. The van der Waals surface area contributed by atoms with Crippen LogP contribution in [0.3, 0.4) is 0 Å². The number of carbonyl (C=O) groups is 1. The number of carbonyl (C=O) groups excluding carboxylic acids is 1. The molecule has 3 rings (SSSR count). The van der Waals surface area contributed by atoms with E-state index in [0.29, 0.717) is 30.5 Å². The predicted molar refractivity (Wildman–Crippen MR) is 92.2 cm³/mol. The lowest BCUT2D eigenvalue weighted by Gasteiger charge is -2.40. The highest BCUT2D eigenvalue weighted by Gasteiger charge is 2.41. The number of amides is 1. The first-order valence-corrected chi connectivity index (χ1v) is 9.10. The molecule has 2 fully saturated rings. The average Bonchev–Trinajstić information content (AvgIpc) is 2.96. The molecule has 2 aliphatic rings. The fraction of sp³-hybridized carbons (Fsp3) is 0.650. The van der Waals surface area contributed by atoms with Gasteiger partial charge in [0, 0.05) is 12.0 Å². The largest absolute Gasteiger partial charge is 0.375 e. The van der Waals surface area contributed by atoms with E-state index in [2.05, 4.69) is 19.2 Å². The van der Waals surface area contributed by atoms with Gasteiger partial charge in [-0.1, -0.05) is 50.6 Å². The van der Waals surface area contributed by atoms with Crippen LogP contribution in [0.4, 0.5) is 0 Å². The van der Waals surface area contributed by atoms with Crippen LogP contribution in [0.5, 0.6) is 0 Å². The summed E-state index contributed by atoms with van der Waals surface area (Å²) in [6.45, 7) is 4.49. The molecule has 1 heterocycles. The first kappa shape index (κ1) is 16.5. The van der Waals surface area contributed by atoms with Gasteiger partial charge in [-0.3, -0.25) is 4.79 Å². The molecule has 0 spiro atoms. The molecule has 1 amide bonds. The summed E-state index contributed by atoms with van der Waals surface area (Å²) < 4.78 is 6.30. The van der Waals surface area contributed by atoms with Gasteiger partial charge in [-0.2, -0.15) is 0 Å². The number of rotatable bonds is 5. The zero-order valence-electron chi connectivity index (χ0n) is 14.3. The molecule has 1 aromatic rings. The lowest BCUT2D eigenvalue weighted by Crippen LogP contribution is -2.51. The van der Waals surface area contributed by atoms with Gasteiger partial charge >= 0.3 is 0 Å². The van der Waals surface area contributed by atoms with Crippen molar-refractivity contribution >= 4 is 5.91 Å². The number of fused-ring (bicyclic) bond motifs is 1. The Morgan fingerprint density at radius 2 is 2.04 bits per heavy atom. The number of benzene rings is 1. The molecule has 0 aromatic heterocycles. The van der Waals surface area contributed by atoms with Crippen LogP contribution >= 0.6 is 0 Å². The zero-order chi connectivity index (χ0) is 16.2. The third kappa shape index (κ3) is 4.35. The molecule has 0 unspecified atom stereocenters. The van der Waals surface area contributed by atoms with Crippen molar-refractivity contribution in [1.82, 2.24) is 5.32 Å². The van der Waals surface area contributed by atoms with Crippen molar-refractivity contribution in [3.05, 3.63) is 35.9 Å². The van der Waals surface area contributed by atoms with Crippen molar-refractivity contribution < 1.29 is 9.53 Å². The Balaban J connectivity index is 1.61. The normalized spacial score (nSPS) is 30.2. The Morgan fingerprint density at radius 3 is 2.78 bits per heavy atom. The molecule has 0 bridgehead atoms. The first-order valence-electron chi connectivity index (χ1n) is 9.10. The third-order valence-corrected chi connectivity index (χ3v) is 5.19. The minimum atomic E-state index is 0.150. The van der Waals surface area contributed by atoms with Crippen molar-refractivity contribution in [1.29, 1.82) is 0 Å². The highest BCUT2D eigenvalue weighted by Crippen LogP contribution is 2.39. The predicted octanol–water partition coefficient (Wildman–Crippen LogP) is 3.72. The highest BCUT2D eigenvalue weighted by atomic mass is 16.5. The molecule has 3 heteroatoms. The Bertz CT molecular complexity index is 514. The molecule has 1 aliphatic carbocycles. The van der Waals surface area contributed by atoms with Crippen LogP contribution in [-0.2, 0) is 16.0 Å². The summed E-state index contributed by atoms with van der Waals surface area (Å²) in [5.74, 6) is 1.30. The number of hydrogen-bond donors (Lipinski definition) is 1. The van der Waals surface area contributed by atoms with Gasteiger partial charge in [0.25, 0.3) is 0 Å². The molecule has 1 saturated carbocycles. The van der Waals surface area contributed by atoms with E-state index < -0.39 is 0 Å². The molecule has 23 heavy (non-hydrogen) atoms. The summed E-state index contributed by atoms with van der Waals surface area (Å²) in [6.07, 6.45) is 6.78. The van der Waals surface area contributed by atoms with E-state index in [1.54, 1.807) is 0 Å². The van der Waals surface area contributed by atoms with Crippen molar-refractivity contribution in [2.45, 2.75) is 70.6 Å². The van der Waals surface area contributed by atoms with E-state index in [4.69, 9.17) is 4.74 Å². The minimum Gasteiger partial charge on any atom is -0.375 e. The molecule has 126 valence electrons. The molecule has 1 N–H and O–H groups in total. The summed E-state index contributed by atoms with van der Waals surface area (Å²) >= 11 is 0. The SMILES string of the molecule is CC(C)C[C@H]1C[C@@H](NC(=O)Cc2ccccc2)[C@@H]2CCC[C@H]2O1. The molecular formula is C20H29NO2. The van der Waals surface area contributed by atoms with E-state index in [1.807, 2.05) is 30.3 Å². The van der Waals surface area contributed by atoms with E-state index in [0.717, 1.165) is 24.8 Å². The molecule has 0 radical (unpaired) electrons. The minimum absolute atomic E-state index is 0.150. The van der Waals surface area contributed by atoms with Crippen LogP contribution in [0.1, 0.15) is 51.5 Å². The van der Waals surface area contributed by atoms with Crippen molar-refractivity contribution in [2.75, 3.05) is 0 Å². The summed E-state index contributed by atoms with van der Waals surface area (Å²) in [4.78, 5) is 12.4. The van der Waals surface area contributed by atoms with Crippen LogP contribution in [-0.4, -0.2) is 24.2 Å². The van der Waals surface area contributed by atoms with Gasteiger partial charge in [0.15, 0.2) is 0 Å². The number of hydrogen-bond acceptors (Lipinski definition) is 2. The van der Waals surface area contributed by atoms with Gasteiger partial charge in [0.2, 0.25) is 5.91 Å². The van der Waals surface area contributed by atoms with Crippen LogP contribution < -0.4 is 5.32 Å². The molecule has 4 atom stereocenters. The number of nitrogens with one attached hydrogen (secondary N) is 1. The zero-order valence-corrected chi connectivity index (χ0v) is 14.3. The quantitative estimate of drug-likeness (QED) is 0.899. The first-order chi connectivity index (χ1) is 11.1. The van der Waals surface area contributed by atoms with E-state index in [9.17, 15) is 4.79 Å². The fourth-order valence-electron chi connectivity index (χ4n) is 4.23. The van der Waals surface area contributed by atoms with Crippen LogP contribution in [0.15, 0.2) is 30.3 Å². The van der Waals surface area contributed by atoms with Gasteiger partial charge in [0.05, 0.1) is 18.6 Å². The average molecular weight is 315 g/mol. The standard InChI is InChI=1S/C20H29NO2/c1-14(2)11-16-13-18(17-9-6-10-19(17)23-16)21-20(22)12-15-7-4-3-5-8-15/h3-5,7-8,14,16-19H,6,9-13H2,1-2H3,(H,21,22)/t16-,17-,18+,19+/m0/s1. The molecule has 3 nitrogen and oxygen atoms in total. The highest BCUT2D eigenvalue weighted by molar-refractivity contribution is 5.78. The lowest BCUT2D eigenvalue weighted by atomic mass is 9.86. The fourth-order valence-corrected chi connectivity index (χ4v) is 4.23. The van der Waals surface area contributed by atoms with Crippen LogP contribution in [0.25, 0.3) is 0 Å². The van der Waals surface area contributed by atoms with Crippen LogP contribution in [0, 0.1) is 11.8 Å². The molecule has 1 saturated heterocycles. The Hall–Kier alpha value is -1.35. The Labute approximate surface area is 139 Å². The van der Waals surface area contributed by atoms with Crippen molar-refractivity contribution in [3.63, 3.8) is 0 Å². The van der Waals surface area contributed by atoms with Crippen molar-refractivity contribution in [3.8, 4) is 0 Å². The van der Waals surface area contributed by atoms with Gasteiger partial charge < -0.3 is 10.1 Å². The maximum atomic E-state index is 12.4. The molecular weight excluding hydrogens is 286 g/mol. The summed E-state index contributed by atoms with van der Waals surface area (Å²) in [5, 5.41) is 3.32. The summed E-state index contributed by atoms with van der Waals surface area (Å²) in [7, 11) is 0. The maximum absolute atomic E-state index is 12.4. The second kappa shape index (κ2) is 7.48. The second-order valence-electron chi connectivity index (χ2n) is 7.59. The van der Waals surface area contributed by atoms with Gasteiger partial charge in [-0.15, -0.1) is 0 Å². The monoisotopic (exact) mass is 315 g/mol. The van der Waals surface area contributed by atoms with E-state index in [1.165, 1.54) is 12.8 Å². The second-order valence-corrected chi connectivity index (χ2v) is 7.59. The van der Waals surface area contributed by atoms with Gasteiger partial charge in [-0.25, -0.2) is 0 Å². The van der Waals surface area contributed by atoms with Crippen molar-refractivity contribution in [2.24, 2.45) is 11.8 Å². The van der Waals surface area contributed by atoms with E-state index in [-0.39, 0.29) is 11.9 Å². The summed E-state index contributed by atoms with van der Waals surface area (Å²) in [6, 6.07) is 10.3. The maximum Gasteiger partial charge on any atom is 0.224 e. The topological polar surface area (TPSA) is 38.3 Å². The smallest absolute Gasteiger partial charge is 0.224 e. The van der Waals surface area contributed by atoms with Gasteiger partial charge in [-0.05, 0) is 37.2 Å². The number of ether oxygens (including phenoxy) is 1. The third-order valence-electron chi connectivity index (χ3n) is 5.19. The van der Waals surface area contributed by atoms with Gasteiger partial charge in [0.1, 0.15) is 0 Å². The molecule has 1 aromatic carbocycles. The van der Waals surface area contributed by atoms with Crippen LogP contribution in [0.2, 0.25) is 0 Å². The Morgan fingerprint density at radius 1 is 1.26 bits per heavy atom. The molecule has 1 aliphatic heterocycles. The summed E-state index contributed by atoms with van der Waals surface area (Å²) in [5.41, 5.74) is 1.08.